The van der Waals surface area contributed by atoms with Crippen LogP contribution in [0, 0.1) is 17.0 Å². The highest BCUT2D eigenvalue weighted by atomic mass is 32.2. The molecule has 0 radical (unpaired) electrons. The van der Waals surface area contributed by atoms with Crippen molar-refractivity contribution in [1.82, 2.24) is 0 Å². The summed E-state index contributed by atoms with van der Waals surface area (Å²) in [6.07, 6.45) is 0. The van der Waals surface area contributed by atoms with Crippen LogP contribution in [0.2, 0.25) is 0 Å². The Morgan fingerprint density at radius 3 is 2.31 bits per heavy atom. The number of aryl methyl sites for hydroxylation is 1. The first kappa shape index (κ1) is 12.6. The van der Waals surface area contributed by atoms with Crippen molar-refractivity contribution < 1.29 is 13.3 Å². The van der Waals surface area contributed by atoms with Crippen LogP contribution >= 0.6 is 0 Å². The molecule has 6 heteroatoms. The van der Waals surface area contributed by atoms with Gasteiger partial charge in [0.05, 0.1) is 15.1 Å². The summed E-state index contributed by atoms with van der Waals surface area (Å²) in [6.45, 7) is 4.66. The van der Waals surface area contributed by atoms with E-state index in [0.717, 1.165) is 6.07 Å². The van der Waals surface area contributed by atoms with Crippen molar-refractivity contribution in [3.05, 3.63) is 33.9 Å². The summed E-state index contributed by atoms with van der Waals surface area (Å²) < 4.78 is 23.6. The zero-order valence-electron chi connectivity index (χ0n) is 9.30. The van der Waals surface area contributed by atoms with Crippen LogP contribution in [0.4, 0.5) is 5.69 Å². The molecule has 0 heterocycles. The second-order valence-electron chi connectivity index (χ2n) is 3.80. The minimum atomic E-state index is -3.45. The Labute approximate surface area is 94.2 Å². The summed E-state index contributed by atoms with van der Waals surface area (Å²) in [7, 11) is -3.45. The maximum Gasteiger partial charge on any atom is 0.273 e. The smallest absolute Gasteiger partial charge is 0.258 e. The number of hydrogen-bond acceptors (Lipinski definition) is 4. The number of benzene rings is 1. The van der Waals surface area contributed by atoms with Crippen LogP contribution in [0.1, 0.15) is 19.4 Å². The van der Waals surface area contributed by atoms with E-state index in [-0.39, 0.29) is 10.6 Å². The first-order valence-corrected chi connectivity index (χ1v) is 6.30. The van der Waals surface area contributed by atoms with Gasteiger partial charge in [-0.15, -0.1) is 0 Å². The second-order valence-corrected chi connectivity index (χ2v) is 6.30. The zero-order valence-corrected chi connectivity index (χ0v) is 10.1. The van der Waals surface area contributed by atoms with Crippen LogP contribution in [0.3, 0.4) is 0 Å². The van der Waals surface area contributed by atoms with Gasteiger partial charge in [0.15, 0.2) is 9.84 Å². The predicted molar refractivity (Wildman–Crippen MR) is 60.2 cm³/mol. The van der Waals surface area contributed by atoms with Crippen molar-refractivity contribution in [3.8, 4) is 0 Å². The second kappa shape index (κ2) is 4.21. The van der Waals surface area contributed by atoms with Crippen molar-refractivity contribution in [2.24, 2.45) is 0 Å². The van der Waals surface area contributed by atoms with E-state index in [1.54, 1.807) is 20.8 Å². The average Bonchev–Trinajstić information content (AvgIpc) is 2.17. The van der Waals surface area contributed by atoms with E-state index in [1.165, 1.54) is 12.1 Å². The molecule has 0 N–H and O–H groups in total. The summed E-state index contributed by atoms with van der Waals surface area (Å²) >= 11 is 0. The van der Waals surface area contributed by atoms with Gasteiger partial charge in [-0.25, -0.2) is 8.42 Å². The van der Waals surface area contributed by atoms with Crippen LogP contribution in [0.25, 0.3) is 0 Å². The summed E-state index contributed by atoms with van der Waals surface area (Å²) in [6, 6.07) is 3.97. The Balaban J connectivity index is 3.40. The van der Waals surface area contributed by atoms with Crippen molar-refractivity contribution in [2.45, 2.75) is 30.9 Å². The van der Waals surface area contributed by atoms with Crippen molar-refractivity contribution in [1.29, 1.82) is 0 Å². The van der Waals surface area contributed by atoms with E-state index in [4.69, 9.17) is 0 Å². The Morgan fingerprint density at radius 1 is 1.31 bits per heavy atom. The van der Waals surface area contributed by atoms with Crippen LogP contribution in [0.5, 0.6) is 0 Å². The van der Waals surface area contributed by atoms with Crippen molar-refractivity contribution >= 4 is 15.5 Å². The SMILES string of the molecule is Cc1ccc(S(=O)(=O)C(C)C)cc1[N+](=O)[O-]. The van der Waals surface area contributed by atoms with Gasteiger partial charge in [0.1, 0.15) is 0 Å². The molecule has 0 saturated carbocycles. The minimum Gasteiger partial charge on any atom is -0.258 e. The fraction of sp³-hybridized carbons (Fsp3) is 0.400. The molecule has 0 aliphatic heterocycles. The highest BCUT2D eigenvalue weighted by molar-refractivity contribution is 7.92. The standard InChI is InChI=1S/C10H13NO4S/c1-7(2)16(14,15)9-5-4-8(3)10(6-9)11(12)13/h4-7H,1-3H3. The van der Waals surface area contributed by atoms with E-state index in [0.29, 0.717) is 5.56 Å². The lowest BCUT2D eigenvalue weighted by atomic mass is 10.2. The molecule has 1 rings (SSSR count). The van der Waals surface area contributed by atoms with Gasteiger partial charge >= 0.3 is 0 Å². The Hall–Kier alpha value is -1.43. The molecule has 0 spiro atoms. The Kier molecular flexibility index (Phi) is 3.32. The zero-order chi connectivity index (χ0) is 12.5. The Morgan fingerprint density at radius 2 is 1.88 bits per heavy atom. The quantitative estimate of drug-likeness (QED) is 0.601. The van der Waals surface area contributed by atoms with E-state index in [9.17, 15) is 18.5 Å². The molecule has 1 aromatic rings. The molecular formula is C10H13NO4S. The molecule has 88 valence electrons. The van der Waals surface area contributed by atoms with E-state index in [2.05, 4.69) is 0 Å². The fourth-order valence-electron chi connectivity index (χ4n) is 1.24. The molecule has 0 bridgehead atoms. The first-order valence-electron chi connectivity index (χ1n) is 4.75. The van der Waals surface area contributed by atoms with Crippen LogP contribution in [0.15, 0.2) is 23.1 Å². The fourth-order valence-corrected chi connectivity index (χ4v) is 2.31. The normalized spacial score (nSPS) is 11.8. The largest absolute Gasteiger partial charge is 0.273 e. The number of hydrogen-bond donors (Lipinski definition) is 0. The number of sulfone groups is 1. The third-order valence-corrected chi connectivity index (χ3v) is 4.48. The van der Waals surface area contributed by atoms with Crippen molar-refractivity contribution in [2.75, 3.05) is 0 Å². The molecule has 16 heavy (non-hydrogen) atoms. The van der Waals surface area contributed by atoms with E-state index in [1.807, 2.05) is 0 Å². The summed E-state index contributed by atoms with van der Waals surface area (Å²) in [5.74, 6) is 0. The maximum atomic E-state index is 11.8. The molecule has 0 aliphatic rings. The highest BCUT2D eigenvalue weighted by Crippen LogP contribution is 2.24. The van der Waals surface area contributed by atoms with Gasteiger partial charge in [-0.05, 0) is 26.8 Å². The van der Waals surface area contributed by atoms with Crippen molar-refractivity contribution in [3.63, 3.8) is 0 Å². The van der Waals surface area contributed by atoms with Gasteiger partial charge in [-0.1, -0.05) is 6.07 Å². The van der Waals surface area contributed by atoms with Gasteiger partial charge in [0, 0.05) is 11.6 Å². The molecule has 0 saturated heterocycles. The molecule has 0 aromatic heterocycles. The van der Waals surface area contributed by atoms with Crippen LogP contribution in [-0.2, 0) is 9.84 Å². The molecule has 5 nitrogen and oxygen atoms in total. The summed E-state index contributed by atoms with van der Waals surface area (Å²) in [4.78, 5) is 10.1. The molecular weight excluding hydrogens is 230 g/mol. The number of nitro benzene ring substituents is 1. The first-order chi connectivity index (χ1) is 7.26. The third-order valence-electron chi connectivity index (χ3n) is 2.33. The van der Waals surface area contributed by atoms with Crippen LogP contribution in [-0.4, -0.2) is 18.6 Å². The van der Waals surface area contributed by atoms with Crippen LogP contribution < -0.4 is 0 Å². The lowest BCUT2D eigenvalue weighted by Crippen LogP contribution is -2.14. The summed E-state index contributed by atoms with van der Waals surface area (Å²) in [5, 5.41) is 10.1. The summed E-state index contributed by atoms with van der Waals surface area (Å²) in [5.41, 5.74) is 0.287. The minimum absolute atomic E-state index is 0.000185. The topological polar surface area (TPSA) is 77.3 Å². The Bertz CT molecular complexity index is 520. The number of nitrogens with zero attached hydrogens (tertiary/aromatic N) is 1. The highest BCUT2D eigenvalue weighted by Gasteiger charge is 2.22. The van der Waals surface area contributed by atoms with Gasteiger partial charge in [0.25, 0.3) is 5.69 Å². The van der Waals surface area contributed by atoms with Gasteiger partial charge in [-0.2, -0.15) is 0 Å². The predicted octanol–water partition coefficient (Wildman–Crippen LogP) is 2.09. The third kappa shape index (κ3) is 2.21. The monoisotopic (exact) mass is 243 g/mol. The molecule has 0 atom stereocenters. The molecule has 0 aliphatic carbocycles. The lowest BCUT2D eigenvalue weighted by Gasteiger charge is -2.08. The molecule has 0 unspecified atom stereocenters. The van der Waals surface area contributed by atoms with E-state index >= 15 is 0 Å². The average molecular weight is 243 g/mol. The molecule has 1 aromatic carbocycles. The molecule has 0 amide bonds. The van der Waals surface area contributed by atoms with E-state index < -0.39 is 20.0 Å². The van der Waals surface area contributed by atoms with Gasteiger partial charge in [-0.3, -0.25) is 10.1 Å². The number of nitro groups is 1. The lowest BCUT2D eigenvalue weighted by molar-refractivity contribution is -0.385. The molecule has 0 fully saturated rings. The van der Waals surface area contributed by atoms with Gasteiger partial charge in [0.2, 0.25) is 0 Å². The number of rotatable bonds is 3. The maximum absolute atomic E-state index is 11.8. The van der Waals surface area contributed by atoms with Gasteiger partial charge < -0.3 is 0 Å².